The van der Waals surface area contributed by atoms with Crippen molar-refractivity contribution in [2.45, 2.75) is 12.6 Å². The second-order valence-corrected chi connectivity index (χ2v) is 6.55. The number of carbonyl (C=O) groups is 1. The van der Waals surface area contributed by atoms with Crippen LogP contribution in [0.5, 0.6) is 0 Å². The minimum atomic E-state index is -4.52. The van der Waals surface area contributed by atoms with Crippen LogP contribution in [0.25, 0.3) is 5.65 Å². The third-order valence-electron chi connectivity index (χ3n) is 4.44. The summed E-state index contributed by atoms with van der Waals surface area (Å²) in [4.78, 5) is 17.0. The third kappa shape index (κ3) is 2.97. The molecule has 1 aliphatic heterocycles. The molecular formula is C17H13ClF3N5O. The maximum Gasteiger partial charge on any atom is 0.418 e. The zero-order valence-electron chi connectivity index (χ0n) is 14.0. The average molecular weight is 396 g/mol. The van der Waals surface area contributed by atoms with Crippen molar-refractivity contribution in [2.24, 2.45) is 0 Å². The maximum absolute atomic E-state index is 13.4. The molecule has 1 amide bonds. The smallest absolute Gasteiger partial charge is 0.285 e. The van der Waals surface area contributed by atoms with E-state index >= 15 is 0 Å². The molecule has 1 aliphatic rings. The van der Waals surface area contributed by atoms with Gasteiger partial charge in [-0.3, -0.25) is 9.80 Å². The molecule has 0 atom stereocenters. The van der Waals surface area contributed by atoms with E-state index in [9.17, 15) is 18.0 Å². The molecule has 0 radical (unpaired) electrons. The average Bonchev–Trinajstić information content (AvgIpc) is 3.03. The minimum Gasteiger partial charge on any atom is -0.285 e. The number of nitrogens with zero attached hydrogens (tertiary/aromatic N) is 5. The molecule has 6 nitrogen and oxygen atoms in total. The van der Waals surface area contributed by atoms with Gasteiger partial charge in [-0.2, -0.15) is 18.3 Å². The number of rotatable bonds is 1. The summed E-state index contributed by atoms with van der Waals surface area (Å²) < 4.78 is 41.6. The van der Waals surface area contributed by atoms with E-state index in [1.165, 1.54) is 46.1 Å². The number of para-hydroxylation sites is 1. The van der Waals surface area contributed by atoms with Crippen LogP contribution in [0.2, 0.25) is 5.02 Å². The number of benzene rings is 1. The Bertz CT molecular complexity index is 1050. The Balaban J connectivity index is 1.72. The molecule has 10 heteroatoms. The Hall–Kier alpha value is -2.81. The molecule has 140 valence electrons. The Labute approximate surface area is 156 Å². The first-order valence-corrected chi connectivity index (χ1v) is 8.39. The van der Waals surface area contributed by atoms with E-state index in [2.05, 4.69) is 10.1 Å². The van der Waals surface area contributed by atoms with E-state index in [1.807, 2.05) is 0 Å². The molecule has 3 heterocycles. The molecule has 0 aliphatic carbocycles. The third-order valence-corrected chi connectivity index (χ3v) is 4.63. The van der Waals surface area contributed by atoms with Gasteiger partial charge in [0.2, 0.25) is 0 Å². The van der Waals surface area contributed by atoms with Gasteiger partial charge in [0.1, 0.15) is 0 Å². The number of halogens is 4. The Morgan fingerprint density at radius 1 is 1.30 bits per heavy atom. The predicted molar refractivity (Wildman–Crippen MR) is 92.6 cm³/mol. The quantitative estimate of drug-likeness (QED) is 0.633. The van der Waals surface area contributed by atoms with Crippen molar-refractivity contribution < 1.29 is 18.0 Å². The van der Waals surface area contributed by atoms with Crippen LogP contribution in [0.3, 0.4) is 0 Å². The number of fused-ring (bicyclic) bond motifs is 2. The maximum atomic E-state index is 13.4. The molecule has 0 fully saturated rings. The van der Waals surface area contributed by atoms with E-state index in [4.69, 9.17) is 11.6 Å². The van der Waals surface area contributed by atoms with Gasteiger partial charge in [0.15, 0.2) is 11.3 Å². The first-order chi connectivity index (χ1) is 12.8. The van der Waals surface area contributed by atoms with Crippen molar-refractivity contribution in [1.29, 1.82) is 0 Å². The van der Waals surface area contributed by atoms with E-state index in [1.54, 1.807) is 6.07 Å². The number of amides is 1. The summed E-state index contributed by atoms with van der Waals surface area (Å²) in [5, 5.41) is 6.99. The zero-order chi connectivity index (χ0) is 19.3. The van der Waals surface area contributed by atoms with Gasteiger partial charge in [0, 0.05) is 25.9 Å². The lowest BCUT2D eigenvalue weighted by Gasteiger charge is -2.39. The lowest BCUT2D eigenvalue weighted by molar-refractivity contribution is -0.137. The SMILES string of the molecule is CN1c2c(cccc2C(F)(F)F)CCN1C(=O)c1cc2ncc(Cl)cn2n1. The van der Waals surface area contributed by atoms with Crippen LogP contribution in [0, 0.1) is 0 Å². The number of anilines is 1. The van der Waals surface area contributed by atoms with E-state index in [0.717, 1.165) is 6.07 Å². The zero-order valence-corrected chi connectivity index (χ0v) is 14.8. The van der Waals surface area contributed by atoms with Crippen LogP contribution in [-0.4, -0.2) is 39.1 Å². The standard InChI is InChI=1S/C17H13ClF3N5O/c1-24-15-10(3-2-4-12(15)17(19,20)21)5-6-26(24)16(27)13-7-14-22-8-11(18)9-25(14)23-13/h2-4,7-9H,5-6H2,1H3. The van der Waals surface area contributed by atoms with Crippen molar-refractivity contribution in [3.8, 4) is 0 Å². The highest BCUT2D eigenvalue weighted by molar-refractivity contribution is 6.30. The Morgan fingerprint density at radius 3 is 2.81 bits per heavy atom. The van der Waals surface area contributed by atoms with Gasteiger partial charge in [0.25, 0.3) is 5.91 Å². The second-order valence-electron chi connectivity index (χ2n) is 6.12. The second kappa shape index (κ2) is 6.12. The summed E-state index contributed by atoms with van der Waals surface area (Å²) >= 11 is 5.86. The highest BCUT2D eigenvalue weighted by Crippen LogP contribution is 2.40. The van der Waals surface area contributed by atoms with Crippen LogP contribution < -0.4 is 5.01 Å². The molecule has 0 bridgehead atoms. The predicted octanol–water partition coefficient (Wildman–Crippen LogP) is 3.45. The van der Waals surface area contributed by atoms with Crippen molar-refractivity contribution in [1.82, 2.24) is 19.6 Å². The number of hydrogen-bond donors (Lipinski definition) is 0. The number of carbonyl (C=O) groups excluding carboxylic acids is 1. The molecule has 3 aromatic rings. The normalized spacial score (nSPS) is 14.6. The molecule has 4 rings (SSSR count). The van der Waals surface area contributed by atoms with Crippen LogP contribution >= 0.6 is 11.6 Å². The summed E-state index contributed by atoms with van der Waals surface area (Å²) in [5.74, 6) is -0.512. The molecular weight excluding hydrogens is 383 g/mol. The molecule has 0 saturated carbocycles. The lowest BCUT2D eigenvalue weighted by Crippen LogP contribution is -2.49. The van der Waals surface area contributed by atoms with Crippen LogP contribution in [-0.2, 0) is 12.6 Å². The van der Waals surface area contributed by atoms with Gasteiger partial charge in [-0.25, -0.2) is 14.5 Å². The first kappa shape index (κ1) is 17.6. The fourth-order valence-corrected chi connectivity index (χ4v) is 3.37. The van der Waals surface area contributed by atoms with Crippen LogP contribution in [0.15, 0.2) is 36.7 Å². The minimum absolute atomic E-state index is 0.0190. The van der Waals surface area contributed by atoms with E-state index in [-0.39, 0.29) is 17.9 Å². The van der Waals surface area contributed by atoms with Crippen molar-refractivity contribution in [3.05, 3.63) is 58.5 Å². The van der Waals surface area contributed by atoms with Crippen molar-refractivity contribution in [2.75, 3.05) is 18.6 Å². The summed E-state index contributed by atoms with van der Waals surface area (Å²) in [6, 6.07) is 5.50. The van der Waals surface area contributed by atoms with Crippen molar-refractivity contribution >= 4 is 28.8 Å². The van der Waals surface area contributed by atoms with Gasteiger partial charge < -0.3 is 0 Å². The topological polar surface area (TPSA) is 53.7 Å². The molecule has 0 saturated heterocycles. The van der Waals surface area contributed by atoms with Gasteiger partial charge in [0.05, 0.1) is 22.5 Å². The monoisotopic (exact) mass is 395 g/mol. The number of alkyl halides is 3. The Morgan fingerprint density at radius 2 is 2.07 bits per heavy atom. The lowest BCUT2D eigenvalue weighted by atomic mass is 10.0. The van der Waals surface area contributed by atoms with Gasteiger partial charge in [-0.05, 0) is 18.1 Å². The summed E-state index contributed by atoms with van der Waals surface area (Å²) in [6.45, 7) is 0.242. The number of aromatic nitrogens is 3. The molecule has 2 aromatic heterocycles. The number of hydrazine groups is 1. The van der Waals surface area contributed by atoms with Gasteiger partial charge >= 0.3 is 6.18 Å². The Kier molecular flexibility index (Phi) is 3.99. The molecule has 27 heavy (non-hydrogen) atoms. The van der Waals surface area contributed by atoms with E-state index < -0.39 is 17.6 Å². The number of hydrogen-bond acceptors (Lipinski definition) is 4. The first-order valence-electron chi connectivity index (χ1n) is 8.01. The largest absolute Gasteiger partial charge is 0.418 e. The van der Waals surface area contributed by atoms with Crippen LogP contribution in [0.4, 0.5) is 18.9 Å². The molecule has 0 spiro atoms. The van der Waals surface area contributed by atoms with E-state index in [0.29, 0.717) is 22.7 Å². The summed E-state index contributed by atoms with van der Waals surface area (Å²) in [7, 11) is 1.44. The van der Waals surface area contributed by atoms with Crippen LogP contribution in [0.1, 0.15) is 21.6 Å². The molecule has 1 aromatic carbocycles. The molecule has 0 unspecified atom stereocenters. The highest BCUT2D eigenvalue weighted by atomic mass is 35.5. The molecule has 0 N–H and O–H groups in total. The fourth-order valence-electron chi connectivity index (χ4n) is 3.23. The summed E-state index contributed by atoms with van der Waals surface area (Å²) in [5.41, 5.74) is 0.237. The fraction of sp³-hybridized carbons (Fsp3) is 0.235. The summed E-state index contributed by atoms with van der Waals surface area (Å²) in [6.07, 6.45) is -1.29. The van der Waals surface area contributed by atoms with Crippen molar-refractivity contribution in [3.63, 3.8) is 0 Å². The highest BCUT2D eigenvalue weighted by Gasteiger charge is 2.39. The van der Waals surface area contributed by atoms with Gasteiger partial charge in [-0.15, -0.1) is 0 Å². The van der Waals surface area contributed by atoms with Gasteiger partial charge in [-0.1, -0.05) is 23.7 Å².